The highest BCUT2D eigenvalue weighted by Gasteiger charge is 2.13. The molecule has 0 bridgehead atoms. The Morgan fingerprint density at radius 3 is 2.58 bits per heavy atom. The molecule has 2 aromatic heterocycles. The number of H-pyrrole nitrogens is 1. The van der Waals surface area contributed by atoms with E-state index in [1.54, 1.807) is 0 Å². The molecule has 4 N–H and O–H groups in total. The van der Waals surface area contributed by atoms with E-state index in [2.05, 4.69) is 86.1 Å². The van der Waals surface area contributed by atoms with E-state index in [4.69, 9.17) is 0 Å². The van der Waals surface area contributed by atoms with Crippen LogP contribution in [0.5, 0.6) is 0 Å². The molecule has 0 saturated heterocycles. The number of hydrogen-bond donors (Lipinski definition) is 4. The van der Waals surface area contributed by atoms with Crippen molar-refractivity contribution in [1.29, 1.82) is 0 Å². The summed E-state index contributed by atoms with van der Waals surface area (Å²) < 4.78 is 0. The lowest BCUT2D eigenvalue weighted by Gasteiger charge is -2.08. The van der Waals surface area contributed by atoms with Crippen LogP contribution in [0.3, 0.4) is 0 Å². The molecule has 0 amide bonds. The number of benzene rings is 2. The van der Waals surface area contributed by atoms with Crippen LogP contribution in [0.2, 0.25) is 0 Å². The average molecular weight is 416 g/mol. The summed E-state index contributed by atoms with van der Waals surface area (Å²) in [6.45, 7) is 5.82. The molecule has 160 valence electrons. The topological polar surface area (TPSA) is 90.5 Å². The second-order valence-electron chi connectivity index (χ2n) is 7.62. The summed E-state index contributed by atoms with van der Waals surface area (Å²) in [4.78, 5) is 17.3. The van der Waals surface area contributed by atoms with Gasteiger partial charge in [-0.05, 0) is 49.4 Å². The summed E-state index contributed by atoms with van der Waals surface area (Å²) in [6, 6.07) is 18.7. The van der Waals surface area contributed by atoms with Gasteiger partial charge >= 0.3 is 0 Å². The van der Waals surface area contributed by atoms with Crippen molar-refractivity contribution < 1.29 is 0 Å². The molecule has 4 rings (SSSR count). The fourth-order valence-corrected chi connectivity index (χ4v) is 3.40. The van der Waals surface area contributed by atoms with E-state index in [-0.39, 0.29) is 0 Å². The molecule has 2 aromatic carbocycles. The number of anilines is 4. The minimum Gasteiger partial charge on any atom is -0.368 e. The Labute approximate surface area is 182 Å². The standard InChI is InChI=1S/C24H29N7/c1-3-14-25-21-20-22(31-24(28-20)27-19-13-7-9-17(2)16-19)30-23(29-21)26-15-8-12-18-10-5-4-6-11-18/h4-7,9-11,13,16H,3,8,12,14-15H2,1-2H3,(H4,25,26,27,28,29,30,31). The normalized spacial score (nSPS) is 10.9. The quantitative estimate of drug-likeness (QED) is 0.264. The number of fused-ring (bicyclic) bond motifs is 1. The highest BCUT2D eigenvalue weighted by atomic mass is 15.2. The van der Waals surface area contributed by atoms with E-state index in [0.717, 1.165) is 49.4 Å². The maximum atomic E-state index is 4.69. The predicted octanol–water partition coefficient (Wildman–Crippen LogP) is 5.27. The van der Waals surface area contributed by atoms with Gasteiger partial charge in [-0.25, -0.2) is 4.98 Å². The molecule has 0 spiro atoms. The molecule has 0 aliphatic rings. The molecule has 4 aromatic rings. The summed E-state index contributed by atoms with van der Waals surface area (Å²) >= 11 is 0. The van der Waals surface area contributed by atoms with Gasteiger partial charge in [0.2, 0.25) is 11.9 Å². The number of aryl methyl sites for hydroxylation is 2. The number of rotatable bonds is 10. The van der Waals surface area contributed by atoms with Crippen LogP contribution < -0.4 is 16.0 Å². The van der Waals surface area contributed by atoms with E-state index in [1.807, 2.05) is 18.2 Å². The van der Waals surface area contributed by atoms with E-state index in [0.29, 0.717) is 17.5 Å². The second kappa shape index (κ2) is 9.93. The molecule has 0 aliphatic heterocycles. The van der Waals surface area contributed by atoms with Crippen molar-refractivity contribution in [2.75, 3.05) is 29.0 Å². The van der Waals surface area contributed by atoms with Crippen molar-refractivity contribution in [2.24, 2.45) is 0 Å². The smallest absolute Gasteiger partial charge is 0.226 e. The molecule has 0 atom stereocenters. The van der Waals surface area contributed by atoms with Crippen LogP contribution in [-0.4, -0.2) is 33.0 Å². The van der Waals surface area contributed by atoms with Crippen molar-refractivity contribution in [3.8, 4) is 0 Å². The maximum Gasteiger partial charge on any atom is 0.226 e. The lowest BCUT2D eigenvalue weighted by molar-refractivity contribution is 0.853. The number of nitrogens with zero attached hydrogens (tertiary/aromatic N) is 3. The Bertz CT molecular complexity index is 1120. The van der Waals surface area contributed by atoms with Gasteiger partial charge in [-0.15, -0.1) is 0 Å². The van der Waals surface area contributed by atoms with E-state index >= 15 is 0 Å². The fraction of sp³-hybridized carbons (Fsp3) is 0.292. The zero-order chi connectivity index (χ0) is 21.5. The Kier molecular flexibility index (Phi) is 6.62. The molecule has 31 heavy (non-hydrogen) atoms. The van der Waals surface area contributed by atoms with Crippen LogP contribution in [0.15, 0.2) is 54.6 Å². The lowest BCUT2D eigenvalue weighted by Crippen LogP contribution is -2.10. The van der Waals surface area contributed by atoms with Crippen LogP contribution in [0.25, 0.3) is 11.2 Å². The molecule has 0 saturated carbocycles. The highest BCUT2D eigenvalue weighted by Crippen LogP contribution is 2.24. The van der Waals surface area contributed by atoms with Crippen molar-refractivity contribution in [2.45, 2.75) is 33.1 Å². The van der Waals surface area contributed by atoms with Gasteiger partial charge in [0.1, 0.15) is 0 Å². The maximum absolute atomic E-state index is 4.69. The molecule has 2 heterocycles. The van der Waals surface area contributed by atoms with E-state index < -0.39 is 0 Å². The second-order valence-corrected chi connectivity index (χ2v) is 7.62. The van der Waals surface area contributed by atoms with E-state index in [9.17, 15) is 0 Å². The Morgan fingerprint density at radius 1 is 0.903 bits per heavy atom. The SMILES string of the molecule is CCCNc1nc(NCCCc2ccccc2)nc2[nH]c(Nc3cccc(C)c3)nc12. The third-order valence-electron chi connectivity index (χ3n) is 4.94. The Balaban J connectivity index is 1.49. The number of hydrogen-bond acceptors (Lipinski definition) is 6. The first-order valence-corrected chi connectivity index (χ1v) is 10.8. The van der Waals surface area contributed by atoms with Crippen molar-refractivity contribution in [3.63, 3.8) is 0 Å². The first-order valence-electron chi connectivity index (χ1n) is 10.8. The third kappa shape index (κ3) is 5.51. The first kappa shape index (κ1) is 20.7. The predicted molar refractivity (Wildman–Crippen MR) is 128 cm³/mol. The number of imidazole rings is 1. The summed E-state index contributed by atoms with van der Waals surface area (Å²) in [6.07, 6.45) is 3.03. The van der Waals surface area contributed by atoms with Gasteiger partial charge in [-0.1, -0.05) is 49.4 Å². The first-order chi connectivity index (χ1) is 15.2. The van der Waals surface area contributed by atoms with Gasteiger partial charge in [0.05, 0.1) is 0 Å². The Morgan fingerprint density at radius 2 is 1.77 bits per heavy atom. The molecule has 0 radical (unpaired) electrons. The summed E-state index contributed by atoms with van der Waals surface area (Å²) in [5, 5.41) is 10.1. The van der Waals surface area contributed by atoms with Crippen LogP contribution in [0.1, 0.15) is 30.9 Å². The highest BCUT2D eigenvalue weighted by molar-refractivity contribution is 5.86. The molecule has 7 heteroatoms. The third-order valence-corrected chi connectivity index (χ3v) is 4.94. The summed E-state index contributed by atoms with van der Waals surface area (Å²) in [5.74, 6) is 1.99. The molecule has 0 aliphatic carbocycles. The Hall–Kier alpha value is -3.61. The van der Waals surface area contributed by atoms with Crippen molar-refractivity contribution >= 4 is 34.6 Å². The molecular formula is C24H29N7. The van der Waals surface area contributed by atoms with Gasteiger partial charge in [0, 0.05) is 18.8 Å². The number of aromatic nitrogens is 4. The van der Waals surface area contributed by atoms with Crippen LogP contribution >= 0.6 is 0 Å². The van der Waals surface area contributed by atoms with Gasteiger partial charge in [0.15, 0.2) is 17.0 Å². The zero-order valence-electron chi connectivity index (χ0n) is 18.1. The lowest BCUT2D eigenvalue weighted by atomic mass is 10.1. The fourth-order valence-electron chi connectivity index (χ4n) is 3.40. The van der Waals surface area contributed by atoms with Crippen LogP contribution in [-0.2, 0) is 6.42 Å². The molecular weight excluding hydrogens is 386 g/mol. The minimum atomic E-state index is 0.602. The minimum absolute atomic E-state index is 0.602. The largest absolute Gasteiger partial charge is 0.368 e. The van der Waals surface area contributed by atoms with Crippen molar-refractivity contribution in [1.82, 2.24) is 19.9 Å². The molecule has 0 fully saturated rings. The molecule has 7 nitrogen and oxygen atoms in total. The van der Waals surface area contributed by atoms with E-state index in [1.165, 1.54) is 11.1 Å². The van der Waals surface area contributed by atoms with Gasteiger partial charge in [0.25, 0.3) is 0 Å². The molecule has 0 unspecified atom stereocenters. The zero-order valence-corrected chi connectivity index (χ0v) is 18.1. The van der Waals surface area contributed by atoms with Crippen LogP contribution in [0.4, 0.5) is 23.4 Å². The van der Waals surface area contributed by atoms with Crippen LogP contribution in [0, 0.1) is 6.92 Å². The van der Waals surface area contributed by atoms with Gasteiger partial charge in [-0.3, -0.25) is 0 Å². The number of nitrogens with one attached hydrogen (secondary N) is 4. The monoisotopic (exact) mass is 415 g/mol. The van der Waals surface area contributed by atoms with Crippen molar-refractivity contribution in [3.05, 3.63) is 65.7 Å². The average Bonchev–Trinajstić information content (AvgIpc) is 3.18. The summed E-state index contributed by atoms with van der Waals surface area (Å²) in [5.41, 5.74) is 4.95. The number of aromatic amines is 1. The van der Waals surface area contributed by atoms with Gasteiger partial charge in [-0.2, -0.15) is 9.97 Å². The van der Waals surface area contributed by atoms with Gasteiger partial charge < -0.3 is 20.9 Å². The summed E-state index contributed by atoms with van der Waals surface area (Å²) in [7, 11) is 0.